The van der Waals surface area contributed by atoms with Gasteiger partial charge >= 0.3 is 133 Å². The molecule has 0 saturated carbocycles. The van der Waals surface area contributed by atoms with Crippen LogP contribution in [0, 0.1) is 5.92 Å². The Labute approximate surface area is 132 Å². The third-order valence-corrected chi connectivity index (χ3v) is 7.70. The van der Waals surface area contributed by atoms with Crippen molar-refractivity contribution in [1.29, 1.82) is 0 Å². The van der Waals surface area contributed by atoms with Gasteiger partial charge in [0.1, 0.15) is 0 Å². The quantitative estimate of drug-likeness (QED) is 0.765. The van der Waals surface area contributed by atoms with Crippen molar-refractivity contribution in [1.82, 2.24) is 0 Å². The van der Waals surface area contributed by atoms with Gasteiger partial charge in [-0.15, -0.1) is 0 Å². The van der Waals surface area contributed by atoms with Crippen LogP contribution in [0.5, 0.6) is 0 Å². The molecule has 0 radical (unpaired) electrons. The van der Waals surface area contributed by atoms with E-state index in [1.165, 1.54) is 11.1 Å². The number of carbonyl (C=O) groups is 1. The Bertz CT molecular complexity index is 593. The van der Waals surface area contributed by atoms with E-state index in [-0.39, 0.29) is 5.92 Å². The van der Waals surface area contributed by atoms with E-state index in [9.17, 15) is 4.79 Å². The molecule has 21 heavy (non-hydrogen) atoms. The molecule has 108 valence electrons. The van der Waals surface area contributed by atoms with Crippen molar-refractivity contribution >= 4 is 20.7 Å². The second-order valence-electron chi connectivity index (χ2n) is 5.55. The van der Waals surface area contributed by atoms with Crippen LogP contribution in [0.3, 0.4) is 0 Å². The van der Waals surface area contributed by atoms with Gasteiger partial charge in [0.05, 0.1) is 0 Å². The molecular formula is C19H20OSe. The van der Waals surface area contributed by atoms with Crippen LogP contribution in [0.25, 0.3) is 0 Å². The van der Waals surface area contributed by atoms with Crippen LogP contribution < -0.4 is 0 Å². The first-order chi connectivity index (χ1) is 10.3. The molecule has 2 aromatic carbocycles. The van der Waals surface area contributed by atoms with Crippen LogP contribution in [-0.2, 0) is 4.79 Å². The van der Waals surface area contributed by atoms with Crippen molar-refractivity contribution in [3.8, 4) is 0 Å². The molecule has 1 nitrogen and oxygen atoms in total. The van der Waals surface area contributed by atoms with Crippen LogP contribution in [0.4, 0.5) is 0 Å². The zero-order chi connectivity index (χ0) is 14.7. The van der Waals surface area contributed by atoms with E-state index >= 15 is 0 Å². The monoisotopic (exact) mass is 344 g/mol. The molecule has 1 aliphatic rings. The third-order valence-electron chi connectivity index (χ3n) is 4.22. The molecule has 0 aliphatic carbocycles. The SMILES string of the molecule is CC[C@H]1C(=O)C[C@H](c2ccccc2)[Se][C@@H]1c1ccccc1. The van der Waals surface area contributed by atoms with E-state index < -0.39 is 0 Å². The van der Waals surface area contributed by atoms with Gasteiger partial charge in [-0.2, -0.15) is 0 Å². The van der Waals surface area contributed by atoms with Crippen LogP contribution in [0.2, 0.25) is 0 Å². The molecule has 2 heteroatoms. The summed E-state index contributed by atoms with van der Waals surface area (Å²) in [4.78, 5) is 13.5. The molecule has 3 atom stereocenters. The maximum absolute atomic E-state index is 12.6. The summed E-state index contributed by atoms with van der Waals surface area (Å²) in [6.45, 7) is 2.15. The van der Waals surface area contributed by atoms with Crippen LogP contribution in [0.1, 0.15) is 40.5 Å². The first kappa shape index (κ1) is 14.6. The zero-order valence-corrected chi connectivity index (χ0v) is 13.9. The summed E-state index contributed by atoms with van der Waals surface area (Å²) in [6, 6.07) is 21.2. The number of benzene rings is 2. The first-order valence-electron chi connectivity index (χ1n) is 7.57. The van der Waals surface area contributed by atoms with Gasteiger partial charge in [-0.05, 0) is 0 Å². The van der Waals surface area contributed by atoms with Crippen LogP contribution in [-0.4, -0.2) is 20.7 Å². The van der Waals surface area contributed by atoms with Gasteiger partial charge in [-0.1, -0.05) is 0 Å². The molecule has 0 unspecified atom stereocenters. The van der Waals surface area contributed by atoms with Gasteiger partial charge in [0.2, 0.25) is 0 Å². The molecule has 1 fully saturated rings. The Morgan fingerprint density at radius 1 is 0.952 bits per heavy atom. The summed E-state index contributed by atoms with van der Waals surface area (Å²) in [7, 11) is 0. The predicted molar refractivity (Wildman–Crippen MR) is 87.5 cm³/mol. The Morgan fingerprint density at radius 2 is 1.52 bits per heavy atom. The predicted octanol–water partition coefficient (Wildman–Crippen LogP) is 4.17. The molecule has 0 bridgehead atoms. The van der Waals surface area contributed by atoms with Crippen molar-refractivity contribution in [3.63, 3.8) is 0 Å². The molecule has 1 heterocycles. The second kappa shape index (κ2) is 6.60. The summed E-state index contributed by atoms with van der Waals surface area (Å²) in [5.41, 5.74) is 2.68. The number of hydrogen-bond acceptors (Lipinski definition) is 1. The third kappa shape index (κ3) is 3.12. The van der Waals surface area contributed by atoms with Gasteiger partial charge in [-0.25, -0.2) is 0 Å². The maximum atomic E-state index is 12.6. The Balaban J connectivity index is 1.91. The number of carbonyl (C=O) groups excluding carboxylic acids is 1. The Hall–Kier alpha value is -1.37. The normalized spacial score (nSPS) is 25.8. The van der Waals surface area contributed by atoms with E-state index in [1.54, 1.807) is 0 Å². The van der Waals surface area contributed by atoms with E-state index in [0.717, 1.165) is 12.8 Å². The fourth-order valence-corrected chi connectivity index (χ4v) is 6.81. The summed E-state index contributed by atoms with van der Waals surface area (Å²) in [5, 5.41) is 0. The molecule has 1 aliphatic heterocycles. The average molecular weight is 343 g/mol. The van der Waals surface area contributed by atoms with E-state index in [1.807, 2.05) is 6.07 Å². The molecule has 0 amide bonds. The van der Waals surface area contributed by atoms with Gasteiger partial charge in [0.25, 0.3) is 0 Å². The second-order valence-corrected chi connectivity index (χ2v) is 8.38. The Kier molecular flexibility index (Phi) is 4.57. The number of ketones is 1. The average Bonchev–Trinajstić information content (AvgIpc) is 2.55. The summed E-state index contributed by atoms with van der Waals surface area (Å²) in [5.74, 6) is 0.667. The number of Topliss-reactive ketones (excluding diaryl/α,β-unsaturated/α-hetero) is 1. The van der Waals surface area contributed by atoms with Crippen molar-refractivity contribution in [3.05, 3.63) is 71.8 Å². The van der Waals surface area contributed by atoms with Gasteiger partial charge in [-0.3, -0.25) is 0 Å². The van der Waals surface area contributed by atoms with Crippen molar-refractivity contribution in [2.45, 2.75) is 29.4 Å². The van der Waals surface area contributed by atoms with Crippen molar-refractivity contribution in [2.24, 2.45) is 5.92 Å². The summed E-state index contributed by atoms with van der Waals surface area (Å²) >= 11 is 0.428. The molecule has 0 spiro atoms. The number of rotatable bonds is 3. The Morgan fingerprint density at radius 3 is 2.10 bits per heavy atom. The minimum absolute atomic E-state index is 0.215. The molecule has 3 rings (SSSR count). The fraction of sp³-hybridized carbons (Fsp3) is 0.316. The summed E-state index contributed by atoms with van der Waals surface area (Å²) in [6.07, 6.45) is 1.69. The fourth-order valence-electron chi connectivity index (χ4n) is 3.08. The first-order valence-corrected chi connectivity index (χ1v) is 9.55. The van der Waals surface area contributed by atoms with Crippen molar-refractivity contribution in [2.75, 3.05) is 0 Å². The molecular weight excluding hydrogens is 323 g/mol. The molecule has 1 saturated heterocycles. The van der Waals surface area contributed by atoms with Gasteiger partial charge < -0.3 is 0 Å². The standard InChI is InChI=1S/C19H20OSe/c1-2-16-17(20)13-18(14-9-5-3-6-10-14)21-19(16)15-11-7-4-8-12-15/h3-12,16,18-19H,2,13H2,1H3/t16-,18+,19+/m0/s1. The molecule has 0 N–H and O–H groups in total. The molecule has 2 aromatic rings. The summed E-state index contributed by atoms with van der Waals surface area (Å²) < 4.78 is 0. The van der Waals surface area contributed by atoms with E-state index in [4.69, 9.17) is 0 Å². The van der Waals surface area contributed by atoms with Crippen molar-refractivity contribution < 1.29 is 4.79 Å². The van der Waals surface area contributed by atoms with Gasteiger partial charge in [0.15, 0.2) is 0 Å². The zero-order valence-electron chi connectivity index (χ0n) is 12.2. The van der Waals surface area contributed by atoms with E-state index in [2.05, 4.69) is 61.5 Å². The van der Waals surface area contributed by atoms with Crippen LogP contribution in [0.15, 0.2) is 60.7 Å². The minimum atomic E-state index is 0.215. The topological polar surface area (TPSA) is 17.1 Å². The molecule has 0 aromatic heterocycles. The van der Waals surface area contributed by atoms with E-state index in [0.29, 0.717) is 30.4 Å². The van der Waals surface area contributed by atoms with Gasteiger partial charge in [0, 0.05) is 0 Å². The number of hydrogen-bond donors (Lipinski definition) is 0. The van der Waals surface area contributed by atoms with Crippen LogP contribution >= 0.6 is 0 Å².